The molecule has 1 atom stereocenters. The molecule has 1 amide bonds. The van der Waals surface area contributed by atoms with Crippen LogP contribution < -0.4 is 11.1 Å². The van der Waals surface area contributed by atoms with E-state index >= 15 is 0 Å². The maximum atomic E-state index is 13.2. The standard InChI is InChI=1S/C19H20N2O6/c1-4-25-16(22)13-10(3)27-15(20)14(17(23)26-5-2)19(13)11-8-6-7-9-12(11)21-18(19)24/h6-9H,4-5,20H2,1-3H3,(H,21,24)/t19-/m1/s1. The molecule has 27 heavy (non-hydrogen) atoms. The van der Waals surface area contributed by atoms with E-state index in [1.807, 2.05) is 0 Å². The van der Waals surface area contributed by atoms with Gasteiger partial charge in [0.15, 0.2) is 0 Å². The average Bonchev–Trinajstić information content (AvgIpc) is 2.88. The molecule has 0 fully saturated rings. The van der Waals surface area contributed by atoms with Crippen molar-refractivity contribution in [2.24, 2.45) is 5.73 Å². The summed E-state index contributed by atoms with van der Waals surface area (Å²) in [6.07, 6.45) is 0. The van der Waals surface area contributed by atoms with Gasteiger partial charge < -0.3 is 25.3 Å². The van der Waals surface area contributed by atoms with E-state index in [0.717, 1.165) is 0 Å². The first-order valence-electron chi connectivity index (χ1n) is 8.54. The Balaban J connectivity index is 2.37. The van der Waals surface area contributed by atoms with Crippen molar-refractivity contribution in [3.8, 4) is 0 Å². The number of amides is 1. The van der Waals surface area contributed by atoms with Gasteiger partial charge in [-0.2, -0.15) is 0 Å². The molecule has 8 heteroatoms. The Morgan fingerprint density at radius 2 is 1.70 bits per heavy atom. The number of fused-ring (bicyclic) bond motifs is 2. The monoisotopic (exact) mass is 372 g/mol. The van der Waals surface area contributed by atoms with E-state index < -0.39 is 23.3 Å². The molecule has 0 aromatic heterocycles. The zero-order chi connectivity index (χ0) is 19.8. The number of anilines is 1. The molecule has 0 saturated carbocycles. The van der Waals surface area contributed by atoms with Crippen molar-refractivity contribution in [2.75, 3.05) is 18.5 Å². The third-order valence-corrected chi connectivity index (χ3v) is 4.49. The Morgan fingerprint density at radius 1 is 1.11 bits per heavy atom. The number of benzene rings is 1. The minimum Gasteiger partial charge on any atom is -0.462 e. The lowest BCUT2D eigenvalue weighted by Crippen LogP contribution is -2.48. The summed E-state index contributed by atoms with van der Waals surface area (Å²) in [7, 11) is 0. The highest BCUT2D eigenvalue weighted by molar-refractivity contribution is 6.21. The lowest BCUT2D eigenvalue weighted by atomic mass is 9.67. The van der Waals surface area contributed by atoms with Gasteiger partial charge in [-0.15, -0.1) is 0 Å². The van der Waals surface area contributed by atoms with Crippen molar-refractivity contribution in [1.82, 2.24) is 0 Å². The number of rotatable bonds is 4. The minimum atomic E-state index is -1.80. The van der Waals surface area contributed by atoms with Crippen molar-refractivity contribution in [3.05, 3.63) is 52.6 Å². The molecule has 0 aliphatic carbocycles. The number of nitrogens with one attached hydrogen (secondary N) is 1. The fourth-order valence-corrected chi connectivity index (χ4v) is 3.55. The Hall–Kier alpha value is -3.29. The highest BCUT2D eigenvalue weighted by Gasteiger charge is 2.61. The Bertz CT molecular complexity index is 859. The summed E-state index contributed by atoms with van der Waals surface area (Å²) < 4.78 is 15.7. The number of esters is 2. The zero-order valence-electron chi connectivity index (χ0n) is 15.3. The van der Waals surface area contributed by atoms with Crippen LogP contribution in [0.25, 0.3) is 0 Å². The largest absolute Gasteiger partial charge is 0.462 e. The molecule has 0 radical (unpaired) electrons. The first kappa shape index (κ1) is 18.5. The summed E-state index contributed by atoms with van der Waals surface area (Å²) in [5.41, 5.74) is 4.74. The van der Waals surface area contributed by atoms with Crippen molar-refractivity contribution in [3.63, 3.8) is 0 Å². The van der Waals surface area contributed by atoms with E-state index in [1.165, 1.54) is 6.92 Å². The van der Waals surface area contributed by atoms with E-state index in [-0.39, 0.29) is 36.0 Å². The molecule has 0 bridgehead atoms. The van der Waals surface area contributed by atoms with E-state index in [9.17, 15) is 14.4 Å². The molecule has 3 rings (SSSR count). The smallest absolute Gasteiger partial charge is 0.341 e. The van der Waals surface area contributed by atoms with Crippen LogP contribution in [0.3, 0.4) is 0 Å². The van der Waals surface area contributed by atoms with Crippen molar-refractivity contribution >= 4 is 23.5 Å². The number of carbonyl (C=O) groups is 3. The fraction of sp³-hybridized carbons (Fsp3) is 0.316. The number of carbonyl (C=O) groups excluding carboxylic acids is 3. The summed E-state index contributed by atoms with van der Waals surface area (Å²) in [5.74, 6) is -2.40. The lowest BCUT2D eigenvalue weighted by Gasteiger charge is -2.35. The van der Waals surface area contributed by atoms with Crippen LogP contribution in [0.5, 0.6) is 0 Å². The van der Waals surface area contributed by atoms with Gasteiger partial charge in [0.1, 0.15) is 22.3 Å². The van der Waals surface area contributed by atoms with Gasteiger partial charge >= 0.3 is 11.9 Å². The molecule has 1 spiro atoms. The van der Waals surface area contributed by atoms with Gasteiger partial charge in [0, 0.05) is 11.3 Å². The van der Waals surface area contributed by atoms with Crippen LogP contribution in [0.1, 0.15) is 26.3 Å². The van der Waals surface area contributed by atoms with Crippen LogP contribution in [0, 0.1) is 0 Å². The second-order valence-electron chi connectivity index (χ2n) is 5.96. The van der Waals surface area contributed by atoms with Crippen molar-refractivity contribution < 1.29 is 28.6 Å². The van der Waals surface area contributed by atoms with Gasteiger partial charge in [-0.25, -0.2) is 9.59 Å². The predicted molar refractivity (Wildman–Crippen MR) is 95.0 cm³/mol. The summed E-state index contributed by atoms with van der Waals surface area (Å²) >= 11 is 0. The van der Waals surface area contributed by atoms with E-state index in [0.29, 0.717) is 11.3 Å². The molecule has 1 aromatic rings. The molecule has 1 aromatic carbocycles. The molecule has 142 valence electrons. The third kappa shape index (κ3) is 2.56. The molecule has 0 unspecified atom stereocenters. The summed E-state index contributed by atoms with van der Waals surface area (Å²) in [6.45, 7) is 4.91. The van der Waals surface area contributed by atoms with Crippen LogP contribution in [-0.4, -0.2) is 31.1 Å². The van der Waals surface area contributed by atoms with E-state index in [1.54, 1.807) is 38.1 Å². The van der Waals surface area contributed by atoms with Gasteiger partial charge in [-0.3, -0.25) is 4.79 Å². The Kier molecular flexibility index (Phi) is 4.65. The van der Waals surface area contributed by atoms with Crippen LogP contribution in [0.2, 0.25) is 0 Å². The van der Waals surface area contributed by atoms with Crippen LogP contribution >= 0.6 is 0 Å². The number of para-hydroxylation sites is 1. The van der Waals surface area contributed by atoms with Gasteiger partial charge in [0.25, 0.3) is 0 Å². The minimum absolute atomic E-state index is 0.0619. The van der Waals surface area contributed by atoms with Gasteiger partial charge in [0.05, 0.1) is 13.2 Å². The van der Waals surface area contributed by atoms with Gasteiger partial charge in [-0.05, 0) is 26.8 Å². The van der Waals surface area contributed by atoms with E-state index in [2.05, 4.69) is 5.32 Å². The summed E-state index contributed by atoms with van der Waals surface area (Å²) in [4.78, 5) is 38.8. The van der Waals surface area contributed by atoms with Gasteiger partial charge in [0.2, 0.25) is 11.8 Å². The zero-order valence-corrected chi connectivity index (χ0v) is 15.3. The molecule has 8 nitrogen and oxygen atoms in total. The van der Waals surface area contributed by atoms with E-state index in [4.69, 9.17) is 19.9 Å². The van der Waals surface area contributed by atoms with Crippen molar-refractivity contribution in [2.45, 2.75) is 26.2 Å². The Labute approximate surface area is 155 Å². The molecule has 2 aliphatic heterocycles. The van der Waals surface area contributed by atoms with Crippen LogP contribution in [0.15, 0.2) is 47.1 Å². The molecule has 2 aliphatic rings. The fourth-order valence-electron chi connectivity index (χ4n) is 3.55. The normalized spacial score (nSPS) is 20.9. The maximum Gasteiger partial charge on any atom is 0.341 e. The Morgan fingerprint density at radius 3 is 2.33 bits per heavy atom. The molecule has 0 saturated heterocycles. The lowest BCUT2D eigenvalue weighted by molar-refractivity contribution is -0.143. The second-order valence-corrected chi connectivity index (χ2v) is 5.96. The first-order valence-corrected chi connectivity index (χ1v) is 8.54. The number of nitrogens with two attached hydrogens (primary N) is 1. The summed E-state index contributed by atoms with van der Waals surface area (Å²) in [6, 6.07) is 6.76. The SMILES string of the molecule is CCOC(=O)C1=C(C)OC(N)=C(C(=O)OCC)[C@]12C(=O)Nc1ccccc12. The molecular weight excluding hydrogens is 352 g/mol. The molecular formula is C19H20N2O6. The quantitative estimate of drug-likeness (QED) is 0.769. The summed E-state index contributed by atoms with van der Waals surface area (Å²) in [5, 5.41) is 2.72. The number of allylic oxidation sites excluding steroid dienone is 1. The topological polar surface area (TPSA) is 117 Å². The number of hydrogen-bond acceptors (Lipinski definition) is 7. The highest BCUT2D eigenvalue weighted by atomic mass is 16.5. The maximum absolute atomic E-state index is 13.2. The van der Waals surface area contributed by atoms with Crippen molar-refractivity contribution in [1.29, 1.82) is 0 Å². The molecule has 2 heterocycles. The van der Waals surface area contributed by atoms with Gasteiger partial charge in [-0.1, -0.05) is 18.2 Å². The predicted octanol–water partition coefficient (Wildman–Crippen LogP) is 1.48. The first-order chi connectivity index (χ1) is 12.9. The highest BCUT2D eigenvalue weighted by Crippen LogP contribution is 2.52. The third-order valence-electron chi connectivity index (χ3n) is 4.49. The number of hydrogen-bond donors (Lipinski definition) is 2. The average molecular weight is 372 g/mol. The second kappa shape index (κ2) is 6.79. The molecule has 3 N–H and O–H groups in total. The number of ether oxygens (including phenoxy) is 3. The van der Waals surface area contributed by atoms with Crippen LogP contribution in [-0.2, 0) is 34.0 Å². The van der Waals surface area contributed by atoms with Crippen LogP contribution in [0.4, 0.5) is 5.69 Å².